The van der Waals surface area contributed by atoms with Crippen LogP contribution in [0.3, 0.4) is 0 Å². The normalized spacial score (nSPS) is 20.1. The molecule has 0 bridgehead atoms. The Morgan fingerprint density at radius 3 is 2.40 bits per heavy atom. The molecular weight excluding hydrogens is 538 g/mol. The van der Waals surface area contributed by atoms with Crippen molar-refractivity contribution in [1.82, 2.24) is 9.78 Å². The SMILES string of the molecule is CS(=O)(=O)O.Cc1nn(-c2ccc(C(N)=O)c(NC3CCC(OC(=O)CCN)CC3)c2)c2c1C(=O)CC(C)(C)C2. The summed E-state index contributed by atoms with van der Waals surface area (Å²) in [5.74, 6) is -0.651. The van der Waals surface area contributed by atoms with Crippen LogP contribution in [0.15, 0.2) is 18.2 Å². The summed E-state index contributed by atoms with van der Waals surface area (Å²) < 4.78 is 33.2. The molecular formula is C27H39N5O7S. The zero-order chi connectivity index (χ0) is 29.8. The molecule has 2 aliphatic carbocycles. The molecule has 12 nitrogen and oxygen atoms in total. The fraction of sp³-hybridized carbons (Fsp3) is 0.556. The van der Waals surface area contributed by atoms with Crippen molar-refractivity contribution in [3.05, 3.63) is 40.7 Å². The summed E-state index contributed by atoms with van der Waals surface area (Å²) in [6, 6.07) is 5.52. The van der Waals surface area contributed by atoms with Gasteiger partial charge in [-0.15, -0.1) is 0 Å². The summed E-state index contributed by atoms with van der Waals surface area (Å²) in [6.07, 6.45) is 5.15. The van der Waals surface area contributed by atoms with Gasteiger partial charge in [0.1, 0.15) is 6.10 Å². The average Bonchev–Trinajstić information content (AvgIpc) is 3.14. The zero-order valence-electron chi connectivity index (χ0n) is 23.4. The minimum absolute atomic E-state index is 0.103. The van der Waals surface area contributed by atoms with Crippen LogP contribution >= 0.6 is 0 Å². The first-order chi connectivity index (χ1) is 18.6. The van der Waals surface area contributed by atoms with E-state index in [1.54, 1.807) is 6.07 Å². The molecule has 0 aliphatic heterocycles. The minimum Gasteiger partial charge on any atom is -0.462 e. The van der Waals surface area contributed by atoms with Gasteiger partial charge in [-0.1, -0.05) is 13.8 Å². The molecule has 1 aromatic carbocycles. The van der Waals surface area contributed by atoms with Crippen LogP contribution in [0.1, 0.15) is 84.5 Å². The summed E-state index contributed by atoms with van der Waals surface area (Å²) in [5.41, 5.74) is 15.1. The molecule has 1 fully saturated rings. The minimum atomic E-state index is -3.67. The Balaban J connectivity index is 0.000000810. The van der Waals surface area contributed by atoms with Crippen LogP contribution in [-0.4, -0.2) is 65.4 Å². The van der Waals surface area contributed by atoms with Crippen LogP contribution in [0.5, 0.6) is 0 Å². The van der Waals surface area contributed by atoms with Crippen molar-refractivity contribution < 1.29 is 32.1 Å². The second-order valence-corrected chi connectivity index (χ2v) is 12.7. The largest absolute Gasteiger partial charge is 0.462 e. The highest BCUT2D eigenvalue weighted by molar-refractivity contribution is 7.85. The van der Waals surface area contributed by atoms with Crippen molar-refractivity contribution >= 4 is 33.5 Å². The van der Waals surface area contributed by atoms with Gasteiger partial charge in [-0.05, 0) is 62.6 Å². The van der Waals surface area contributed by atoms with E-state index in [0.29, 0.717) is 29.5 Å². The van der Waals surface area contributed by atoms with Crippen molar-refractivity contribution in [3.63, 3.8) is 0 Å². The summed E-state index contributed by atoms with van der Waals surface area (Å²) >= 11 is 0. The molecule has 0 spiro atoms. The molecule has 13 heteroatoms. The van der Waals surface area contributed by atoms with Crippen molar-refractivity contribution in [1.29, 1.82) is 0 Å². The lowest BCUT2D eigenvalue weighted by atomic mass is 9.75. The smallest absolute Gasteiger partial charge is 0.307 e. The van der Waals surface area contributed by atoms with Gasteiger partial charge in [0.15, 0.2) is 5.78 Å². The summed E-state index contributed by atoms with van der Waals surface area (Å²) in [7, 11) is -3.67. The number of nitrogens with zero attached hydrogens (tertiary/aromatic N) is 2. The number of primary amides is 1. The lowest BCUT2D eigenvalue weighted by Crippen LogP contribution is -2.32. The van der Waals surface area contributed by atoms with Gasteiger partial charge in [-0.3, -0.25) is 18.9 Å². The van der Waals surface area contributed by atoms with Crippen LogP contribution in [0.4, 0.5) is 5.69 Å². The van der Waals surface area contributed by atoms with Gasteiger partial charge in [-0.2, -0.15) is 13.5 Å². The van der Waals surface area contributed by atoms with E-state index in [1.807, 2.05) is 23.7 Å². The average molecular weight is 578 g/mol. The van der Waals surface area contributed by atoms with Gasteiger partial charge in [0, 0.05) is 24.7 Å². The predicted octanol–water partition coefficient (Wildman–Crippen LogP) is 2.55. The van der Waals surface area contributed by atoms with Crippen molar-refractivity contribution in [2.75, 3.05) is 18.1 Å². The number of ketones is 1. The topological polar surface area (TPSA) is 197 Å². The van der Waals surface area contributed by atoms with Gasteiger partial charge in [0.2, 0.25) is 0 Å². The Morgan fingerprint density at radius 2 is 1.82 bits per heavy atom. The van der Waals surface area contributed by atoms with E-state index in [9.17, 15) is 22.8 Å². The molecule has 2 aromatic rings. The fourth-order valence-electron chi connectivity index (χ4n) is 5.26. The number of fused-ring (bicyclic) bond motifs is 1. The van der Waals surface area contributed by atoms with E-state index in [0.717, 1.165) is 49.2 Å². The van der Waals surface area contributed by atoms with E-state index in [1.165, 1.54) is 0 Å². The van der Waals surface area contributed by atoms with Gasteiger partial charge >= 0.3 is 5.97 Å². The van der Waals surface area contributed by atoms with E-state index in [4.69, 9.17) is 20.8 Å². The number of hydrogen-bond acceptors (Lipinski definition) is 9. The number of carbonyl (C=O) groups is 3. The second kappa shape index (κ2) is 12.5. The molecule has 220 valence electrons. The molecule has 0 unspecified atom stereocenters. The summed E-state index contributed by atoms with van der Waals surface area (Å²) in [4.78, 5) is 36.7. The van der Waals surface area contributed by atoms with E-state index >= 15 is 0 Å². The number of nitrogens with two attached hydrogens (primary N) is 2. The number of benzene rings is 1. The molecule has 0 saturated heterocycles. The highest BCUT2D eigenvalue weighted by atomic mass is 32.2. The third kappa shape index (κ3) is 8.35. The highest BCUT2D eigenvalue weighted by Gasteiger charge is 2.36. The number of amides is 1. The van der Waals surface area contributed by atoms with E-state index in [-0.39, 0.29) is 42.3 Å². The molecule has 1 saturated carbocycles. The van der Waals surface area contributed by atoms with Crippen LogP contribution in [0.2, 0.25) is 0 Å². The number of anilines is 1. The van der Waals surface area contributed by atoms with Crippen LogP contribution < -0.4 is 16.8 Å². The summed E-state index contributed by atoms with van der Waals surface area (Å²) in [5, 5.41) is 8.17. The maximum Gasteiger partial charge on any atom is 0.307 e. The Hall–Kier alpha value is -3.29. The number of ether oxygens (including phenoxy) is 1. The number of aromatic nitrogens is 2. The number of Topliss-reactive ketones (excluding diaryl/α,β-unsaturated/α-hetero) is 1. The number of nitrogens with one attached hydrogen (secondary N) is 1. The zero-order valence-corrected chi connectivity index (χ0v) is 24.2. The van der Waals surface area contributed by atoms with E-state index in [2.05, 4.69) is 24.3 Å². The Labute approximate surface area is 234 Å². The lowest BCUT2D eigenvalue weighted by molar-refractivity contribution is -0.150. The first-order valence-corrected chi connectivity index (χ1v) is 15.1. The highest BCUT2D eigenvalue weighted by Crippen LogP contribution is 2.37. The first-order valence-electron chi connectivity index (χ1n) is 13.2. The molecule has 40 heavy (non-hydrogen) atoms. The third-order valence-corrected chi connectivity index (χ3v) is 6.91. The maximum atomic E-state index is 12.8. The van der Waals surface area contributed by atoms with Gasteiger partial charge in [-0.25, -0.2) is 4.68 Å². The Bertz CT molecular complexity index is 1370. The third-order valence-electron chi connectivity index (χ3n) is 6.91. The van der Waals surface area contributed by atoms with Crippen LogP contribution in [0, 0.1) is 12.3 Å². The number of aryl methyl sites for hydroxylation is 1. The standard InChI is InChI=1S/C26H35N5O4.CH4O3S/c1-15-24-21(13-26(2,3)14-22(24)32)31(30-15)17-6-9-19(25(28)34)20(12-17)29-16-4-7-18(8-5-16)35-23(33)10-11-27;1-5(2,3)4/h6,9,12,16,18,29H,4-5,7-8,10-11,13-14,27H2,1-3H3,(H2,28,34);1H3,(H,2,3,4). The number of hydrogen-bond donors (Lipinski definition) is 4. The van der Waals surface area contributed by atoms with E-state index < -0.39 is 16.0 Å². The predicted molar refractivity (Wildman–Crippen MR) is 150 cm³/mol. The monoisotopic (exact) mass is 577 g/mol. The molecule has 6 N–H and O–H groups in total. The van der Waals surface area contributed by atoms with Gasteiger partial charge < -0.3 is 21.5 Å². The maximum absolute atomic E-state index is 12.8. The molecule has 1 aromatic heterocycles. The van der Waals surface area contributed by atoms with Crippen molar-refractivity contribution in [2.24, 2.45) is 16.9 Å². The van der Waals surface area contributed by atoms with Crippen molar-refractivity contribution in [3.8, 4) is 5.69 Å². The Morgan fingerprint density at radius 1 is 1.20 bits per heavy atom. The van der Waals surface area contributed by atoms with Gasteiger partial charge in [0.05, 0.1) is 40.9 Å². The quantitative estimate of drug-likeness (QED) is 0.280. The molecule has 0 atom stereocenters. The fourth-order valence-corrected chi connectivity index (χ4v) is 5.26. The lowest BCUT2D eigenvalue weighted by Gasteiger charge is -2.30. The molecule has 2 aliphatic rings. The second-order valence-electron chi connectivity index (χ2n) is 11.2. The molecule has 0 radical (unpaired) electrons. The van der Waals surface area contributed by atoms with Crippen molar-refractivity contribution in [2.45, 2.75) is 77.9 Å². The van der Waals surface area contributed by atoms with Crippen LogP contribution in [-0.2, 0) is 26.1 Å². The van der Waals surface area contributed by atoms with Crippen LogP contribution in [0.25, 0.3) is 5.69 Å². The molecule has 4 rings (SSSR count). The number of rotatable bonds is 7. The summed E-state index contributed by atoms with van der Waals surface area (Å²) in [6.45, 7) is 6.33. The molecule has 1 heterocycles. The first kappa shape index (κ1) is 31.2. The number of carbonyl (C=O) groups excluding carboxylic acids is 3. The number of esters is 1. The van der Waals surface area contributed by atoms with Gasteiger partial charge in [0.25, 0.3) is 16.0 Å². The molecule has 1 amide bonds. The Kier molecular flexibility index (Phi) is 9.75.